The van der Waals surface area contributed by atoms with Crippen molar-refractivity contribution < 1.29 is 19.4 Å². The summed E-state index contributed by atoms with van der Waals surface area (Å²) in [7, 11) is 0. The van der Waals surface area contributed by atoms with E-state index in [1.54, 1.807) is 45.0 Å². The molecule has 0 fully saturated rings. The van der Waals surface area contributed by atoms with Crippen molar-refractivity contribution in [2.75, 3.05) is 0 Å². The van der Waals surface area contributed by atoms with E-state index in [0.717, 1.165) is 0 Å². The van der Waals surface area contributed by atoms with E-state index in [9.17, 15) is 9.90 Å². The molecule has 0 aliphatic heterocycles. The number of carbonyl (C=O) groups excluding carboxylic acids is 1. The second-order valence-corrected chi connectivity index (χ2v) is 5.20. The molecule has 1 amide bonds. The van der Waals surface area contributed by atoms with E-state index in [-0.39, 0.29) is 17.5 Å². The summed E-state index contributed by atoms with van der Waals surface area (Å²) < 4.78 is 10.2. The predicted molar refractivity (Wildman–Crippen MR) is 74.9 cm³/mol. The number of thiocarbonyl (C=S) groups is 1. The third-order valence-corrected chi connectivity index (χ3v) is 2.17. The topological polar surface area (TPSA) is 67.8 Å². The molecule has 0 unspecified atom stereocenters. The Labute approximate surface area is 117 Å². The molecule has 6 heteroatoms. The van der Waals surface area contributed by atoms with Gasteiger partial charge in [-0.15, -0.1) is 0 Å². The van der Waals surface area contributed by atoms with Gasteiger partial charge < -0.3 is 14.6 Å². The van der Waals surface area contributed by atoms with Crippen LogP contribution >= 0.6 is 12.2 Å². The number of aromatic hydroxyl groups is 1. The minimum absolute atomic E-state index is 0.0707. The molecular weight excluding hydrogens is 266 g/mol. The second-order valence-electron chi connectivity index (χ2n) is 4.83. The van der Waals surface area contributed by atoms with Crippen LogP contribution in [0, 0.1) is 0 Å². The molecule has 0 saturated heterocycles. The van der Waals surface area contributed by atoms with Crippen LogP contribution in [0.1, 0.15) is 26.3 Å². The number of phenolic OH excluding ortho intramolecular Hbond substituents is 1. The summed E-state index contributed by atoms with van der Waals surface area (Å²) in [6.45, 7) is 5.32. The monoisotopic (exact) mass is 283 g/mol. The van der Waals surface area contributed by atoms with E-state index < -0.39 is 11.7 Å². The summed E-state index contributed by atoms with van der Waals surface area (Å²) in [4.78, 5) is 11.4. The van der Waals surface area contributed by atoms with Crippen molar-refractivity contribution in [3.8, 4) is 5.75 Å². The van der Waals surface area contributed by atoms with E-state index in [0.29, 0.717) is 5.56 Å². The van der Waals surface area contributed by atoms with Crippen molar-refractivity contribution in [2.45, 2.75) is 33.0 Å². The van der Waals surface area contributed by atoms with Crippen LogP contribution in [-0.2, 0) is 16.1 Å². The van der Waals surface area contributed by atoms with Gasteiger partial charge in [0.15, 0.2) is 0 Å². The van der Waals surface area contributed by atoms with E-state index in [1.807, 2.05) is 0 Å². The molecule has 0 aliphatic carbocycles. The fourth-order valence-electron chi connectivity index (χ4n) is 1.20. The van der Waals surface area contributed by atoms with Crippen LogP contribution in [0.3, 0.4) is 0 Å². The number of para-hydroxylation sites is 1. The van der Waals surface area contributed by atoms with Gasteiger partial charge in [-0.1, -0.05) is 18.2 Å². The molecular formula is C13H17NO4S. The van der Waals surface area contributed by atoms with Crippen molar-refractivity contribution in [3.05, 3.63) is 29.8 Å². The molecule has 19 heavy (non-hydrogen) atoms. The molecule has 5 nitrogen and oxygen atoms in total. The SMILES string of the molecule is CC(C)(C)OC(=O)NC(=S)OCc1ccccc1O. The number of hydrogen-bond donors (Lipinski definition) is 2. The first kappa shape index (κ1) is 15.2. The number of amides is 1. The summed E-state index contributed by atoms with van der Waals surface area (Å²) in [6, 6.07) is 6.72. The molecule has 2 N–H and O–H groups in total. The van der Waals surface area contributed by atoms with Gasteiger partial charge in [0.25, 0.3) is 5.17 Å². The van der Waals surface area contributed by atoms with Crippen molar-refractivity contribution in [2.24, 2.45) is 0 Å². The van der Waals surface area contributed by atoms with Crippen LogP contribution in [0.4, 0.5) is 4.79 Å². The molecule has 1 aromatic rings. The van der Waals surface area contributed by atoms with Crippen molar-refractivity contribution >= 4 is 23.5 Å². The maximum Gasteiger partial charge on any atom is 0.415 e. The maximum absolute atomic E-state index is 11.4. The average Bonchev–Trinajstić information content (AvgIpc) is 2.25. The highest BCUT2D eigenvalue weighted by Crippen LogP contribution is 2.16. The van der Waals surface area contributed by atoms with Crippen LogP contribution in [-0.4, -0.2) is 22.0 Å². The molecule has 0 spiro atoms. The molecule has 1 rings (SSSR count). The molecule has 0 aromatic heterocycles. The lowest BCUT2D eigenvalue weighted by Crippen LogP contribution is -2.36. The zero-order valence-electron chi connectivity index (χ0n) is 11.1. The van der Waals surface area contributed by atoms with E-state index in [4.69, 9.17) is 21.7 Å². The minimum atomic E-state index is -0.671. The first-order valence-corrected chi connectivity index (χ1v) is 6.12. The van der Waals surface area contributed by atoms with Gasteiger partial charge in [0.05, 0.1) is 0 Å². The molecule has 1 aromatic carbocycles. The van der Waals surface area contributed by atoms with Gasteiger partial charge in [0.2, 0.25) is 0 Å². The molecule has 0 radical (unpaired) electrons. The van der Waals surface area contributed by atoms with Crippen LogP contribution in [0.15, 0.2) is 24.3 Å². The quantitative estimate of drug-likeness (QED) is 0.817. The molecule has 0 heterocycles. The van der Waals surface area contributed by atoms with Gasteiger partial charge in [0, 0.05) is 5.56 Å². The molecule has 104 valence electrons. The Morgan fingerprint density at radius 1 is 1.37 bits per heavy atom. The molecule has 0 bridgehead atoms. The highest BCUT2D eigenvalue weighted by molar-refractivity contribution is 7.80. The summed E-state index contributed by atoms with van der Waals surface area (Å²) in [5, 5.41) is 11.7. The third-order valence-electron chi connectivity index (χ3n) is 1.95. The van der Waals surface area contributed by atoms with Crippen molar-refractivity contribution in [3.63, 3.8) is 0 Å². The standard InChI is InChI=1S/C13H17NO4S/c1-13(2,3)18-11(16)14-12(19)17-8-9-6-4-5-7-10(9)15/h4-7,15H,8H2,1-3H3,(H,14,16,19). The number of rotatable bonds is 2. The largest absolute Gasteiger partial charge is 0.508 e. The fourth-order valence-corrected chi connectivity index (χ4v) is 1.34. The Morgan fingerprint density at radius 3 is 2.58 bits per heavy atom. The zero-order valence-corrected chi connectivity index (χ0v) is 11.9. The van der Waals surface area contributed by atoms with Gasteiger partial charge >= 0.3 is 6.09 Å². The van der Waals surface area contributed by atoms with Gasteiger partial charge in [0.1, 0.15) is 18.0 Å². The Balaban J connectivity index is 2.40. The number of alkyl carbamates (subject to hydrolysis) is 1. The lowest BCUT2D eigenvalue weighted by Gasteiger charge is -2.19. The van der Waals surface area contributed by atoms with Crippen LogP contribution in [0.5, 0.6) is 5.75 Å². The third kappa shape index (κ3) is 6.05. The summed E-state index contributed by atoms with van der Waals surface area (Å²) in [5.41, 5.74) is -0.0203. The Hall–Kier alpha value is -1.82. The summed E-state index contributed by atoms with van der Waals surface area (Å²) in [6.07, 6.45) is -0.671. The van der Waals surface area contributed by atoms with Crippen LogP contribution < -0.4 is 5.32 Å². The highest BCUT2D eigenvalue weighted by Gasteiger charge is 2.17. The van der Waals surface area contributed by atoms with Crippen LogP contribution in [0.2, 0.25) is 0 Å². The summed E-state index contributed by atoms with van der Waals surface area (Å²) >= 11 is 4.85. The number of benzene rings is 1. The Kier molecular flexibility index (Phi) is 5.11. The molecule has 0 aliphatic rings. The minimum Gasteiger partial charge on any atom is -0.508 e. The fraction of sp³-hybridized carbons (Fsp3) is 0.385. The zero-order chi connectivity index (χ0) is 14.5. The van der Waals surface area contributed by atoms with Gasteiger partial charge in [-0.25, -0.2) is 4.79 Å². The molecule has 0 atom stereocenters. The number of hydrogen-bond acceptors (Lipinski definition) is 5. The van der Waals surface area contributed by atoms with Gasteiger partial charge in [-0.05, 0) is 39.1 Å². The van der Waals surface area contributed by atoms with Crippen molar-refractivity contribution in [1.29, 1.82) is 0 Å². The highest BCUT2D eigenvalue weighted by atomic mass is 32.1. The van der Waals surface area contributed by atoms with E-state index in [1.165, 1.54) is 0 Å². The number of phenols is 1. The predicted octanol–water partition coefficient (Wildman–Crippen LogP) is 2.72. The van der Waals surface area contributed by atoms with Gasteiger partial charge in [-0.2, -0.15) is 0 Å². The van der Waals surface area contributed by atoms with Crippen LogP contribution in [0.25, 0.3) is 0 Å². The number of nitrogens with one attached hydrogen (secondary N) is 1. The smallest absolute Gasteiger partial charge is 0.415 e. The average molecular weight is 283 g/mol. The number of carbonyl (C=O) groups is 1. The first-order chi connectivity index (χ1) is 8.78. The second kappa shape index (κ2) is 6.38. The van der Waals surface area contributed by atoms with Crippen molar-refractivity contribution in [1.82, 2.24) is 5.32 Å². The summed E-state index contributed by atoms with van der Waals surface area (Å²) in [5.74, 6) is 0.113. The normalized spacial score (nSPS) is 10.7. The molecule has 0 saturated carbocycles. The first-order valence-electron chi connectivity index (χ1n) is 5.71. The number of ether oxygens (including phenoxy) is 2. The maximum atomic E-state index is 11.4. The lowest BCUT2D eigenvalue weighted by molar-refractivity contribution is 0.0550. The lowest BCUT2D eigenvalue weighted by atomic mass is 10.2. The van der Waals surface area contributed by atoms with E-state index in [2.05, 4.69) is 5.32 Å². The van der Waals surface area contributed by atoms with E-state index >= 15 is 0 Å². The Bertz CT molecular complexity index is 468. The van der Waals surface area contributed by atoms with Gasteiger partial charge in [-0.3, -0.25) is 5.32 Å². The Morgan fingerprint density at radius 2 is 2.00 bits per heavy atom.